The molecule has 1 aromatic rings. The number of halogens is 1. The maximum atomic E-state index is 14.1. The van der Waals surface area contributed by atoms with Crippen molar-refractivity contribution < 1.29 is 14.2 Å². The van der Waals surface area contributed by atoms with Crippen molar-refractivity contribution in [2.75, 3.05) is 6.61 Å². The van der Waals surface area contributed by atoms with E-state index in [9.17, 15) is 14.0 Å². The van der Waals surface area contributed by atoms with Crippen molar-refractivity contribution in [3.05, 3.63) is 43.5 Å². The van der Waals surface area contributed by atoms with E-state index in [0.717, 1.165) is 16.8 Å². The Kier molecular flexibility index (Phi) is 3.65. The summed E-state index contributed by atoms with van der Waals surface area (Å²) in [7, 11) is 0. The molecule has 0 aliphatic carbocycles. The monoisotopic (exact) mass is 271 g/mol. The van der Waals surface area contributed by atoms with Crippen LogP contribution in [0.15, 0.2) is 27.0 Å². The third-order valence-electron chi connectivity index (χ3n) is 2.78. The van der Waals surface area contributed by atoms with Crippen LogP contribution in [0, 0.1) is 0 Å². The molecule has 0 aromatic carbocycles. The van der Waals surface area contributed by atoms with Crippen LogP contribution in [0.25, 0.3) is 10.4 Å². The third-order valence-corrected chi connectivity index (χ3v) is 2.78. The minimum atomic E-state index is -1.81. The van der Waals surface area contributed by atoms with E-state index < -0.39 is 42.4 Å². The summed E-state index contributed by atoms with van der Waals surface area (Å²) in [4.78, 5) is 26.9. The Balaban J connectivity index is 2.38. The van der Waals surface area contributed by atoms with Crippen LogP contribution in [0.3, 0.4) is 0 Å². The van der Waals surface area contributed by atoms with Crippen LogP contribution in [-0.4, -0.2) is 39.6 Å². The van der Waals surface area contributed by atoms with Gasteiger partial charge in [-0.05, 0) is 5.53 Å². The van der Waals surface area contributed by atoms with Crippen molar-refractivity contribution in [1.29, 1.82) is 0 Å². The van der Waals surface area contributed by atoms with Crippen molar-refractivity contribution in [1.82, 2.24) is 9.55 Å². The molecule has 10 heteroatoms. The molecule has 0 spiro atoms. The normalized spacial score (nSPS) is 30.0. The number of azide groups is 1. The number of ether oxygens (including phenoxy) is 1. The Morgan fingerprint density at radius 2 is 2.37 bits per heavy atom. The highest BCUT2D eigenvalue weighted by Gasteiger charge is 2.45. The summed E-state index contributed by atoms with van der Waals surface area (Å²) in [6.07, 6.45) is -3.14. The largest absolute Gasteiger partial charge is 0.394 e. The molecule has 2 rings (SSSR count). The molecule has 0 bridgehead atoms. The first kappa shape index (κ1) is 13.3. The quantitative estimate of drug-likeness (QED) is 0.433. The second kappa shape index (κ2) is 5.22. The summed E-state index contributed by atoms with van der Waals surface area (Å²) in [5, 5.41) is 12.3. The Hall–Kier alpha value is -2.16. The lowest BCUT2D eigenvalue weighted by molar-refractivity contribution is -0.0402. The predicted molar refractivity (Wildman–Crippen MR) is 60.1 cm³/mol. The average Bonchev–Trinajstić information content (AvgIpc) is 2.68. The molecular formula is C9H10FN5O4. The van der Waals surface area contributed by atoms with Crippen molar-refractivity contribution in [2.24, 2.45) is 5.11 Å². The summed E-state index contributed by atoms with van der Waals surface area (Å²) < 4.78 is 20.1. The molecular weight excluding hydrogens is 261 g/mol. The zero-order valence-corrected chi connectivity index (χ0v) is 9.51. The Morgan fingerprint density at radius 1 is 1.63 bits per heavy atom. The van der Waals surface area contributed by atoms with Gasteiger partial charge in [-0.15, -0.1) is 0 Å². The van der Waals surface area contributed by atoms with Crippen LogP contribution < -0.4 is 11.2 Å². The van der Waals surface area contributed by atoms with Gasteiger partial charge in [0.05, 0.1) is 12.7 Å². The number of hydrogen-bond donors (Lipinski definition) is 2. The van der Waals surface area contributed by atoms with Gasteiger partial charge < -0.3 is 9.84 Å². The van der Waals surface area contributed by atoms with Crippen LogP contribution >= 0.6 is 0 Å². The molecule has 0 radical (unpaired) electrons. The van der Waals surface area contributed by atoms with Gasteiger partial charge in [0.1, 0.15) is 6.04 Å². The lowest BCUT2D eigenvalue weighted by Gasteiger charge is -2.15. The molecule has 4 atom stereocenters. The van der Waals surface area contributed by atoms with E-state index in [-0.39, 0.29) is 0 Å². The third kappa shape index (κ3) is 2.36. The zero-order chi connectivity index (χ0) is 14.0. The SMILES string of the molecule is [N-]=[N+]=NC1C(CO)OC(n2ccc(=O)[nH]c2=O)C1F. The van der Waals surface area contributed by atoms with Gasteiger partial charge in [-0.1, -0.05) is 5.11 Å². The molecule has 0 amide bonds. The van der Waals surface area contributed by atoms with Crippen molar-refractivity contribution >= 4 is 0 Å². The number of aromatic amines is 1. The first-order chi connectivity index (χ1) is 9.08. The minimum absolute atomic E-state index is 0.557. The summed E-state index contributed by atoms with van der Waals surface area (Å²) in [5.74, 6) is 0. The molecule has 2 heterocycles. The maximum Gasteiger partial charge on any atom is 0.330 e. The molecule has 4 unspecified atom stereocenters. The number of rotatable bonds is 3. The zero-order valence-electron chi connectivity index (χ0n) is 9.51. The number of alkyl halides is 1. The first-order valence-corrected chi connectivity index (χ1v) is 5.34. The molecule has 1 aliphatic rings. The Bertz CT molecular complexity index is 622. The number of H-pyrrole nitrogens is 1. The lowest BCUT2D eigenvalue weighted by atomic mass is 10.1. The summed E-state index contributed by atoms with van der Waals surface area (Å²) in [6.45, 7) is -0.557. The first-order valence-electron chi connectivity index (χ1n) is 5.34. The molecule has 1 saturated heterocycles. The van der Waals surface area contributed by atoms with Crippen molar-refractivity contribution in [3.63, 3.8) is 0 Å². The van der Waals surface area contributed by atoms with Gasteiger partial charge in [-0.3, -0.25) is 14.3 Å². The second-order valence-electron chi connectivity index (χ2n) is 3.91. The molecule has 19 heavy (non-hydrogen) atoms. The number of hydrogen-bond acceptors (Lipinski definition) is 5. The Morgan fingerprint density at radius 3 is 2.95 bits per heavy atom. The maximum absolute atomic E-state index is 14.1. The van der Waals surface area contributed by atoms with Gasteiger partial charge in [0.15, 0.2) is 12.4 Å². The van der Waals surface area contributed by atoms with Gasteiger partial charge in [0.2, 0.25) is 0 Å². The van der Waals surface area contributed by atoms with E-state index >= 15 is 0 Å². The Labute approximate surface area is 104 Å². The second-order valence-corrected chi connectivity index (χ2v) is 3.91. The van der Waals surface area contributed by atoms with Crippen molar-refractivity contribution in [3.8, 4) is 0 Å². The lowest BCUT2D eigenvalue weighted by Crippen LogP contribution is -2.35. The molecule has 2 N–H and O–H groups in total. The number of nitrogens with zero attached hydrogens (tertiary/aromatic N) is 4. The van der Waals surface area contributed by atoms with E-state index in [1.165, 1.54) is 0 Å². The van der Waals surface area contributed by atoms with Gasteiger partial charge >= 0.3 is 5.69 Å². The summed E-state index contributed by atoms with van der Waals surface area (Å²) in [5.41, 5.74) is 6.87. The highest BCUT2D eigenvalue weighted by Crippen LogP contribution is 2.32. The van der Waals surface area contributed by atoms with Crippen LogP contribution in [0.4, 0.5) is 4.39 Å². The van der Waals surface area contributed by atoms with Gasteiger partial charge in [-0.25, -0.2) is 9.18 Å². The van der Waals surface area contributed by atoms with E-state index in [1.54, 1.807) is 0 Å². The molecule has 1 aromatic heterocycles. The molecule has 1 aliphatic heterocycles. The van der Waals surface area contributed by atoms with Crippen LogP contribution in [0.5, 0.6) is 0 Å². The number of aliphatic hydroxyl groups is 1. The predicted octanol–water partition coefficient (Wildman–Crippen LogP) is -0.557. The van der Waals surface area contributed by atoms with Crippen molar-refractivity contribution in [2.45, 2.75) is 24.5 Å². The number of aliphatic hydroxyl groups excluding tert-OH is 1. The fraction of sp³-hybridized carbons (Fsp3) is 0.556. The molecule has 102 valence electrons. The van der Waals surface area contributed by atoms with E-state index in [4.69, 9.17) is 15.4 Å². The fourth-order valence-electron chi connectivity index (χ4n) is 1.90. The van der Waals surface area contributed by atoms with Crippen LogP contribution in [-0.2, 0) is 4.74 Å². The standard InChI is InChI=1S/C9H10FN5O4/c10-6-7(13-14-11)4(3-16)19-8(6)15-2-1-5(17)12-9(15)18/h1-2,4,6-8,16H,3H2,(H,12,17,18). The summed E-state index contributed by atoms with van der Waals surface area (Å²) in [6, 6.07) is -0.203. The number of aromatic nitrogens is 2. The average molecular weight is 271 g/mol. The van der Waals surface area contributed by atoms with Gasteiger partial charge in [0.25, 0.3) is 5.56 Å². The summed E-state index contributed by atoms with van der Waals surface area (Å²) >= 11 is 0. The van der Waals surface area contributed by atoms with Gasteiger partial charge in [0, 0.05) is 17.2 Å². The van der Waals surface area contributed by atoms with E-state index in [0.29, 0.717) is 0 Å². The van der Waals surface area contributed by atoms with Crippen LogP contribution in [0.1, 0.15) is 6.23 Å². The number of nitrogens with one attached hydrogen (secondary N) is 1. The van der Waals surface area contributed by atoms with E-state index in [2.05, 4.69) is 10.0 Å². The fourth-order valence-corrected chi connectivity index (χ4v) is 1.90. The molecule has 0 saturated carbocycles. The molecule has 9 nitrogen and oxygen atoms in total. The van der Waals surface area contributed by atoms with Gasteiger partial charge in [-0.2, -0.15) is 0 Å². The highest BCUT2D eigenvalue weighted by atomic mass is 19.1. The van der Waals surface area contributed by atoms with E-state index in [1.807, 2.05) is 4.98 Å². The molecule has 1 fully saturated rings. The van der Waals surface area contributed by atoms with Crippen LogP contribution in [0.2, 0.25) is 0 Å². The smallest absolute Gasteiger partial charge is 0.330 e. The topological polar surface area (TPSA) is 133 Å². The highest BCUT2D eigenvalue weighted by molar-refractivity contribution is 4.96. The minimum Gasteiger partial charge on any atom is -0.394 e.